The summed E-state index contributed by atoms with van der Waals surface area (Å²) in [5, 5.41) is 13.1. The maximum atomic E-state index is 12.4. The molecule has 2 fully saturated rings. The molecule has 0 bridgehead atoms. The van der Waals surface area contributed by atoms with Gasteiger partial charge in [0.25, 0.3) is 0 Å². The number of rotatable bonds is 8. The number of carbonyl (C=O) groups excluding carboxylic acids is 1. The monoisotopic (exact) mass is 346 g/mol. The molecule has 1 unspecified atom stereocenters. The van der Waals surface area contributed by atoms with Crippen molar-refractivity contribution in [3.63, 3.8) is 0 Å². The van der Waals surface area contributed by atoms with Gasteiger partial charge < -0.3 is 15.2 Å². The molecule has 1 aliphatic heterocycles. The minimum absolute atomic E-state index is 0.0206. The number of amides is 1. The van der Waals surface area contributed by atoms with Gasteiger partial charge in [-0.1, -0.05) is 30.3 Å². The van der Waals surface area contributed by atoms with Crippen molar-refractivity contribution >= 4 is 5.91 Å². The molecule has 1 aliphatic carbocycles. The summed E-state index contributed by atoms with van der Waals surface area (Å²) in [6.45, 7) is 3.00. The Morgan fingerprint density at radius 2 is 2.00 bits per heavy atom. The van der Waals surface area contributed by atoms with Crippen molar-refractivity contribution in [1.29, 1.82) is 0 Å². The van der Waals surface area contributed by atoms with E-state index in [0.29, 0.717) is 25.6 Å². The Morgan fingerprint density at radius 1 is 1.32 bits per heavy atom. The topological polar surface area (TPSA) is 61.8 Å². The van der Waals surface area contributed by atoms with Crippen LogP contribution >= 0.6 is 0 Å². The Morgan fingerprint density at radius 3 is 2.64 bits per heavy atom. The van der Waals surface area contributed by atoms with Gasteiger partial charge >= 0.3 is 0 Å². The fraction of sp³-hybridized carbons (Fsp3) is 0.650. The molecule has 2 aliphatic rings. The highest BCUT2D eigenvalue weighted by molar-refractivity contribution is 5.78. The van der Waals surface area contributed by atoms with Crippen LogP contribution in [0.4, 0.5) is 0 Å². The van der Waals surface area contributed by atoms with E-state index in [2.05, 4.69) is 29.6 Å². The van der Waals surface area contributed by atoms with Gasteiger partial charge in [0.1, 0.15) is 0 Å². The normalized spacial score (nSPS) is 21.1. The number of aliphatic hydroxyl groups is 1. The summed E-state index contributed by atoms with van der Waals surface area (Å²) in [6, 6.07) is 10.4. The number of hydrogen-bond donors (Lipinski definition) is 2. The number of carbonyl (C=O) groups is 1. The molecule has 5 nitrogen and oxygen atoms in total. The third-order valence-corrected chi connectivity index (χ3v) is 5.54. The van der Waals surface area contributed by atoms with Gasteiger partial charge in [0.2, 0.25) is 5.91 Å². The zero-order valence-electron chi connectivity index (χ0n) is 15.1. The minimum Gasteiger partial charge on any atom is -0.392 e. The second-order valence-electron chi connectivity index (χ2n) is 7.64. The number of ether oxygens (including phenoxy) is 1. The van der Waals surface area contributed by atoms with E-state index in [1.54, 1.807) is 0 Å². The Balaban J connectivity index is 1.53. The molecule has 5 heteroatoms. The van der Waals surface area contributed by atoms with Crippen LogP contribution in [0.5, 0.6) is 0 Å². The molecule has 1 saturated heterocycles. The Hall–Kier alpha value is -1.43. The van der Waals surface area contributed by atoms with Crippen molar-refractivity contribution in [1.82, 2.24) is 10.2 Å². The van der Waals surface area contributed by atoms with Crippen molar-refractivity contribution in [2.24, 2.45) is 5.92 Å². The van der Waals surface area contributed by atoms with Gasteiger partial charge in [-0.3, -0.25) is 9.69 Å². The molecule has 25 heavy (non-hydrogen) atoms. The third-order valence-electron chi connectivity index (χ3n) is 5.54. The smallest absolute Gasteiger partial charge is 0.234 e. The van der Waals surface area contributed by atoms with Crippen LogP contribution in [0.2, 0.25) is 0 Å². The van der Waals surface area contributed by atoms with Crippen molar-refractivity contribution in [2.75, 3.05) is 39.9 Å². The first-order valence-corrected chi connectivity index (χ1v) is 9.36. The number of nitrogens with zero attached hydrogens (tertiary/aromatic N) is 1. The van der Waals surface area contributed by atoms with Gasteiger partial charge in [0.05, 0.1) is 12.6 Å². The van der Waals surface area contributed by atoms with Crippen LogP contribution < -0.4 is 5.32 Å². The second-order valence-corrected chi connectivity index (χ2v) is 7.64. The van der Waals surface area contributed by atoms with Gasteiger partial charge in [-0.15, -0.1) is 0 Å². The lowest BCUT2D eigenvalue weighted by molar-refractivity contribution is -0.122. The Bertz CT molecular complexity index is 553. The summed E-state index contributed by atoms with van der Waals surface area (Å²) in [5.74, 6) is 0.460. The molecule has 1 amide bonds. The number of benzene rings is 1. The standard InChI is InChI=1S/C20H30N2O3/c1-22(13-18(23)16-7-8-16)14-19(24)21-15-20(9-11-25-12-10-20)17-5-3-2-4-6-17/h2-6,16,18,23H,7-15H2,1H3,(H,21,24). The van der Waals surface area contributed by atoms with Crippen molar-refractivity contribution in [3.8, 4) is 0 Å². The van der Waals surface area contributed by atoms with Gasteiger partial charge in [-0.2, -0.15) is 0 Å². The molecule has 2 N–H and O–H groups in total. The largest absolute Gasteiger partial charge is 0.392 e. The maximum Gasteiger partial charge on any atom is 0.234 e. The molecule has 1 aromatic carbocycles. The molecule has 0 spiro atoms. The van der Waals surface area contributed by atoms with E-state index in [1.807, 2.05) is 18.0 Å². The summed E-state index contributed by atoms with van der Waals surface area (Å²) < 4.78 is 5.54. The molecule has 1 aromatic rings. The second kappa shape index (κ2) is 8.30. The zero-order chi connectivity index (χ0) is 17.7. The highest BCUT2D eigenvalue weighted by Crippen LogP contribution is 2.34. The average molecular weight is 346 g/mol. The van der Waals surface area contributed by atoms with E-state index in [1.165, 1.54) is 5.56 Å². The molecule has 1 saturated carbocycles. The molecular weight excluding hydrogens is 316 g/mol. The third kappa shape index (κ3) is 5.03. The molecule has 1 heterocycles. The van der Waals surface area contributed by atoms with E-state index < -0.39 is 0 Å². The fourth-order valence-electron chi connectivity index (χ4n) is 3.70. The van der Waals surface area contributed by atoms with Crippen LogP contribution in [0, 0.1) is 5.92 Å². The lowest BCUT2D eigenvalue weighted by Crippen LogP contribution is -2.47. The maximum absolute atomic E-state index is 12.4. The predicted molar refractivity (Wildman–Crippen MR) is 97.4 cm³/mol. The summed E-state index contributed by atoms with van der Waals surface area (Å²) in [4.78, 5) is 14.3. The molecular formula is C20H30N2O3. The van der Waals surface area contributed by atoms with E-state index in [4.69, 9.17) is 4.74 Å². The van der Waals surface area contributed by atoms with Crippen LogP contribution in [0.1, 0.15) is 31.2 Å². The highest BCUT2D eigenvalue weighted by Gasteiger charge is 2.35. The van der Waals surface area contributed by atoms with Gasteiger partial charge in [-0.05, 0) is 44.2 Å². The van der Waals surface area contributed by atoms with Crippen LogP contribution in [-0.2, 0) is 14.9 Å². The van der Waals surface area contributed by atoms with E-state index in [-0.39, 0.29) is 17.4 Å². The van der Waals surface area contributed by atoms with Crippen molar-refractivity contribution in [3.05, 3.63) is 35.9 Å². The molecule has 1 atom stereocenters. The summed E-state index contributed by atoms with van der Waals surface area (Å²) in [6.07, 6.45) is 3.77. The van der Waals surface area contributed by atoms with Crippen molar-refractivity contribution < 1.29 is 14.6 Å². The number of nitrogens with one attached hydrogen (secondary N) is 1. The van der Waals surface area contributed by atoms with Crippen LogP contribution in [0.15, 0.2) is 30.3 Å². The molecule has 0 aromatic heterocycles. The minimum atomic E-state index is -0.302. The first-order valence-electron chi connectivity index (χ1n) is 9.36. The first kappa shape index (κ1) is 18.4. The van der Waals surface area contributed by atoms with Crippen LogP contribution in [0.3, 0.4) is 0 Å². The number of aliphatic hydroxyl groups excluding tert-OH is 1. The summed E-state index contributed by atoms with van der Waals surface area (Å²) >= 11 is 0. The zero-order valence-corrected chi connectivity index (χ0v) is 15.1. The van der Waals surface area contributed by atoms with Crippen LogP contribution in [0.25, 0.3) is 0 Å². The molecule has 138 valence electrons. The predicted octanol–water partition coefficient (Wildman–Crippen LogP) is 1.55. The van der Waals surface area contributed by atoms with E-state index >= 15 is 0 Å². The van der Waals surface area contributed by atoms with Gasteiger partial charge in [0, 0.05) is 31.7 Å². The SMILES string of the molecule is CN(CC(=O)NCC1(c2ccccc2)CCOCC1)CC(O)C1CC1. The lowest BCUT2D eigenvalue weighted by Gasteiger charge is -2.38. The Kier molecular flexibility index (Phi) is 6.10. The highest BCUT2D eigenvalue weighted by atomic mass is 16.5. The van der Waals surface area contributed by atoms with E-state index in [9.17, 15) is 9.90 Å². The van der Waals surface area contributed by atoms with Crippen LogP contribution in [-0.4, -0.2) is 61.9 Å². The summed E-state index contributed by atoms with van der Waals surface area (Å²) in [5.41, 5.74) is 1.23. The van der Waals surface area contributed by atoms with Gasteiger partial charge in [-0.25, -0.2) is 0 Å². The van der Waals surface area contributed by atoms with Crippen molar-refractivity contribution in [2.45, 2.75) is 37.2 Å². The average Bonchev–Trinajstić information content (AvgIpc) is 3.47. The quantitative estimate of drug-likeness (QED) is 0.750. The first-order chi connectivity index (χ1) is 12.1. The Labute approximate surface area is 150 Å². The fourth-order valence-corrected chi connectivity index (χ4v) is 3.70. The lowest BCUT2D eigenvalue weighted by atomic mass is 9.74. The summed E-state index contributed by atoms with van der Waals surface area (Å²) in [7, 11) is 1.90. The molecule has 0 radical (unpaired) electrons. The number of likely N-dealkylation sites (N-methyl/N-ethyl adjacent to an activating group) is 1. The molecule has 3 rings (SSSR count). The van der Waals surface area contributed by atoms with Gasteiger partial charge in [0.15, 0.2) is 0 Å². The van der Waals surface area contributed by atoms with E-state index in [0.717, 1.165) is 38.9 Å². The number of hydrogen-bond acceptors (Lipinski definition) is 4.